The number of hydrogen-bond acceptors (Lipinski definition) is 6. The molecule has 11 heteroatoms. The molecule has 33 heavy (non-hydrogen) atoms. The van der Waals surface area contributed by atoms with E-state index in [0.29, 0.717) is 24.4 Å². The number of amides is 2. The van der Waals surface area contributed by atoms with Crippen LogP contribution in [0.3, 0.4) is 0 Å². The minimum atomic E-state index is -4.64. The van der Waals surface area contributed by atoms with Crippen molar-refractivity contribution < 1.29 is 27.2 Å². The Hall–Kier alpha value is -2.95. The molecule has 4 heterocycles. The SMILES string of the molecule is CC1CCC(=O)N(C[C@H](N)CC(=O)N2CCc3c(nc(-c4ccoc4)nc3C(F)(F)F)C2)C1. The number of carbonyl (C=O) groups excluding carboxylic acids is 2. The third kappa shape index (κ3) is 5.18. The lowest BCUT2D eigenvalue weighted by molar-refractivity contribution is -0.142. The first-order valence-corrected chi connectivity index (χ1v) is 10.9. The molecule has 2 aromatic rings. The second-order valence-corrected chi connectivity index (χ2v) is 8.80. The Morgan fingerprint density at radius 2 is 2.12 bits per heavy atom. The number of nitrogens with zero attached hydrogens (tertiary/aromatic N) is 4. The van der Waals surface area contributed by atoms with Gasteiger partial charge in [0.2, 0.25) is 11.8 Å². The van der Waals surface area contributed by atoms with Crippen molar-refractivity contribution in [2.24, 2.45) is 11.7 Å². The molecular formula is C22H26F3N5O3. The van der Waals surface area contributed by atoms with E-state index in [0.717, 1.165) is 6.42 Å². The van der Waals surface area contributed by atoms with Crippen LogP contribution in [0.5, 0.6) is 0 Å². The van der Waals surface area contributed by atoms with Gasteiger partial charge in [-0.25, -0.2) is 9.97 Å². The Bertz CT molecular complexity index is 1030. The number of fused-ring (bicyclic) bond motifs is 1. The van der Waals surface area contributed by atoms with Crippen molar-refractivity contribution in [2.75, 3.05) is 19.6 Å². The summed E-state index contributed by atoms with van der Waals surface area (Å²) in [4.78, 5) is 36.2. The molecule has 0 bridgehead atoms. The van der Waals surface area contributed by atoms with Gasteiger partial charge in [-0.2, -0.15) is 13.2 Å². The number of alkyl halides is 3. The summed E-state index contributed by atoms with van der Waals surface area (Å²) in [5.41, 5.74) is 5.68. The molecule has 2 N–H and O–H groups in total. The van der Waals surface area contributed by atoms with Crippen LogP contribution in [-0.2, 0) is 28.7 Å². The maximum Gasteiger partial charge on any atom is 0.433 e. The van der Waals surface area contributed by atoms with E-state index in [1.54, 1.807) is 4.90 Å². The molecule has 8 nitrogen and oxygen atoms in total. The molecule has 0 radical (unpaired) electrons. The van der Waals surface area contributed by atoms with Gasteiger partial charge in [-0.15, -0.1) is 0 Å². The van der Waals surface area contributed by atoms with E-state index in [1.165, 1.54) is 23.5 Å². The summed E-state index contributed by atoms with van der Waals surface area (Å²) >= 11 is 0. The molecule has 178 valence electrons. The molecule has 1 saturated heterocycles. The normalized spacial score (nSPS) is 20.0. The minimum Gasteiger partial charge on any atom is -0.472 e. The third-order valence-electron chi connectivity index (χ3n) is 6.09. The summed E-state index contributed by atoms with van der Waals surface area (Å²) in [5, 5.41) is 0. The number of halogens is 3. The van der Waals surface area contributed by atoms with Crippen molar-refractivity contribution in [2.45, 2.75) is 51.4 Å². The zero-order valence-corrected chi connectivity index (χ0v) is 18.3. The van der Waals surface area contributed by atoms with Crippen LogP contribution >= 0.6 is 0 Å². The van der Waals surface area contributed by atoms with Crippen molar-refractivity contribution in [1.29, 1.82) is 0 Å². The highest BCUT2D eigenvalue weighted by molar-refractivity contribution is 5.78. The molecule has 0 spiro atoms. The lowest BCUT2D eigenvalue weighted by Gasteiger charge is -2.34. The molecule has 2 aliphatic rings. The van der Waals surface area contributed by atoms with Gasteiger partial charge in [0.1, 0.15) is 6.26 Å². The smallest absolute Gasteiger partial charge is 0.433 e. The average Bonchev–Trinajstić information content (AvgIpc) is 3.29. The average molecular weight is 465 g/mol. The minimum absolute atomic E-state index is 0.000701. The molecule has 2 atom stereocenters. The van der Waals surface area contributed by atoms with Crippen LogP contribution < -0.4 is 5.73 Å². The van der Waals surface area contributed by atoms with Gasteiger partial charge in [-0.3, -0.25) is 9.59 Å². The van der Waals surface area contributed by atoms with E-state index in [2.05, 4.69) is 16.9 Å². The van der Waals surface area contributed by atoms with Gasteiger partial charge >= 0.3 is 6.18 Å². The molecule has 0 aromatic carbocycles. The highest BCUT2D eigenvalue weighted by Crippen LogP contribution is 2.35. The fourth-order valence-electron chi connectivity index (χ4n) is 4.37. The molecule has 2 aromatic heterocycles. The first-order valence-electron chi connectivity index (χ1n) is 10.9. The van der Waals surface area contributed by atoms with Gasteiger partial charge in [0.25, 0.3) is 0 Å². The van der Waals surface area contributed by atoms with Crippen LogP contribution in [0.1, 0.15) is 43.1 Å². The van der Waals surface area contributed by atoms with Crippen molar-refractivity contribution in [3.05, 3.63) is 35.5 Å². The van der Waals surface area contributed by atoms with Gasteiger partial charge < -0.3 is 20.0 Å². The molecule has 4 rings (SSSR count). The van der Waals surface area contributed by atoms with Crippen LogP contribution in [0.15, 0.2) is 23.0 Å². The van der Waals surface area contributed by atoms with Crippen molar-refractivity contribution in [3.8, 4) is 11.4 Å². The van der Waals surface area contributed by atoms with Crippen LogP contribution in [-0.4, -0.2) is 57.3 Å². The summed E-state index contributed by atoms with van der Waals surface area (Å²) in [7, 11) is 0. The Morgan fingerprint density at radius 1 is 1.33 bits per heavy atom. The van der Waals surface area contributed by atoms with Crippen LogP contribution in [0.25, 0.3) is 11.4 Å². The predicted molar refractivity (Wildman–Crippen MR) is 111 cm³/mol. The molecule has 0 aliphatic carbocycles. The van der Waals surface area contributed by atoms with Crippen molar-refractivity contribution in [3.63, 3.8) is 0 Å². The Balaban J connectivity index is 1.48. The number of aromatic nitrogens is 2. The fraction of sp³-hybridized carbons (Fsp3) is 0.545. The van der Waals surface area contributed by atoms with E-state index in [4.69, 9.17) is 10.2 Å². The highest BCUT2D eigenvalue weighted by Gasteiger charge is 2.39. The number of hydrogen-bond donors (Lipinski definition) is 1. The molecule has 1 unspecified atom stereocenters. The number of piperidine rings is 1. The third-order valence-corrected chi connectivity index (χ3v) is 6.09. The summed E-state index contributed by atoms with van der Waals surface area (Å²) in [6.07, 6.45) is -0.716. The number of likely N-dealkylation sites (tertiary alicyclic amines) is 1. The second kappa shape index (κ2) is 9.12. The fourth-order valence-corrected chi connectivity index (χ4v) is 4.37. The van der Waals surface area contributed by atoms with Gasteiger partial charge in [0.05, 0.1) is 24.1 Å². The molecule has 0 saturated carbocycles. The first kappa shape index (κ1) is 23.2. The van der Waals surface area contributed by atoms with E-state index in [-0.39, 0.29) is 61.4 Å². The molecular weight excluding hydrogens is 439 g/mol. The van der Waals surface area contributed by atoms with Crippen molar-refractivity contribution >= 4 is 11.8 Å². The van der Waals surface area contributed by atoms with Crippen LogP contribution in [0.4, 0.5) is 13.2 Å². The highest BCUT2D eigenvalue weighted by atomic mass is 19.4. The monoisotopic (exact) mass is 465 g/mol. The number of nitrogens with two attached hydrogens (primary N) is 1. The topological polar surface area (TPSA) is 106 Å². The van der Waals surface area contributed by atoms with E-state index >= 15 is 0 Å². The number of furan rings is 1. The molecule has 2 aliphatic heterocycles. The number of carbonyl (C=O) groups is 2. The van der Waals surface area contributed by atoms with Gasteiger partial charge in [-0.05, 0) is 24.8 Å². The summed E-state index contributed by atoms with van der Waals surface area (Å²) < 4.78 is 45.9. The van der Waals surface area contributed by atoms with Gasteiger partial charge in [0, 0.05) is 44.1 Å². The lowest BCUT2D eigenvalue weighted by atomic mass is 9.98. The predicted octanol–water partition coefficient (Wildman–Crippen LogP) is 2.62. The standard InChI is InChI=1S/C22H26F3N5O3/c1-13-2-3-18(31)30(9-13)10-15(26)8-19(32)29-6-4-16-17(11-29)27-21(14-5-7-33-12-14)28-20(16)22(23,24)25/h5,7,12-13,15H,2-4,6,8-11,26H2,1H3/t13?,15-/m1/s1. The first-order chi connectivity index (χ1) is 15.6. The van der Waals surface area contributed by atoms with Crippen molar-refractivity contribution in [1.82, 2.24) is 19.8 Å². The largest absolute Gasteiger partial charge is 0.472 e. The van der Waals surface area contributed by atoms with Crippen LogP contribution in [0.2, 0.25) is 0 Å². The second-order valence-electron chi connectivity index (χ2n) is 8.80. The summed E-state index contributed by atoms with van der Waals surface area (Å²) in [6, 6.07) is 0.931. The van der Waals surface area contributed by atoms with E-state index in [1.807, 2.05) is 0 Å². The van der Waals surface area contributed by atoms with E-state index < -0.39 is 17.9 Å². The Kier molecular flexibility index (Phi) is 6.42. The zero-order valence-electron chi connectivity index (χ0n) is 18.3. The number of rotatable bonds is 5. The summed E-state index contributed by atoms with van der Waals surface area (Å²) in [6.45, 7) is 3.03. The Morgan fingerprint density at radius 3 is 2.82 bits per heavy atom. The van der Waals surface area contributed by atoms with E-state index in [9.17, 15) is 22.8 Å². The quantitative estimate of drug-likeness (QED) is 0.728. The summed E-state index contributed by atoms with van der Waals surface area (Å²) in [5.74, 6) is 0.0448. The Labute approximate surface area is 188 Å². The maximum atomic E-state index is 13.7. The van der Waals surface area contributed by atoms with Gasteiger partial charge in [-0.1, -0.05) is 6.92 Å². The van der Waals surface area contributed by atoms with Gasteiger partial charge in [0.15, 0.2) is 11.5 Å². The lowest BCUT2D eigenvalue weighted by Crippen LogP contribution is -2.48. The van der Waals surface area contributed by atoms with Crippen LogP contribution in [0, 0.1) is 5.92 Å². The zero-order chi connectivity index (χ0) is 23.8. The molecule has 2 amide bonds. The molecule has 1 fully saturated rings. The maximum absolute atomic E-state index is 13.7.